The number of hydrogen-bond donors (Lipinski definition) is 2. The summed E-state index contributed by atoms with van der Waals surface area (Å²) in [6.45, 7) is 14.2. The molecule has 0 aliphatic rings. The van der Waals surface area contributed by atoms with E-state index in [0.717, 1.165) is 11.7 Å². The van der Waals surface area contributed by atoms with Gasteiger partial charge in [0, 0.05) is 19.0 Å². The maximum atomic E-state index is 5.79. The van der Waals surface area contributed by atoms with Crippen LogP contribution >= 0.6 is 0 Å². The number of guanidine groups is 1. The molecule has 0 atom stereocenters. The maximum absolute atomic E-state index is 5.79. The third-order valence-electron chi connectivity index (χ3n) is 4.20. The Labute approximate surface area is 157 Å². The van der Waals surface area contributed by atoms with Crippen LogP contribution in [0, 0.1) is 0 Å². The highest BCUT2D eigenvalue weighted by Gasteiger charge is 2.19. The second kappa shape index (κ2) is 7.94. The third kappa shape index (κ3) is 5.61. The van der Waals surface area contributed by atoms with Gasteiger partial charge in [0.1, 0.15) is 5.76 Å². The number of hydrogen-bond acceptors (Lipinski definition) is 3. The van der Waals surface area contributed by atoms with Crippen molar-refractivity contribution in [3.63, 3.8) is 0 Å². The van der Waals surface area contributed by atoms with Crippen LogP contribution in [0.3, 0.4) is 0 Å². The quantitative estimate of drug-likeness (QED) is 0.638. The first kappa shape index (κ1) is 20.0. The zero-order valence-electron chi connectivity index (χ0n) is 17.1. The van der Waals surface area contributed by atoms with Crippen molar-refractivity contribution in [2.24, 2.45) is 4.99 Å². The summed E-state index contributed by atoms with van der Waals surface area (Å²) in [6, 6.07) is 8.69. The molecule has 142 valence electrons. The standard InChI is InChI=1S/C21H32N4O/c1-20(2,3)16-10-8-15(9-11-16)12-24-19(22-7)25-14-18-23-13-17(26-18)21(4,5)6/h8-11,13H,12,14H2,1-7H3,(H2,22,24,25). The monoisotopic (exact) mass is 356 g/mol. The van der Waals surface area contributed by atoms with Crippen molar-refractivity contribution in [1.29, 1.82) is 0 Å². The molecular weight excluding hydrogens is 324 g/mol. The maximum Gasteiger partial charge on any atom is 0.213 e. The molecule has 0 amide bonds. The topological polar surface area (TPSA) is 62.5 Å². The summed E-state index contributed by atoms with van der Waals surface area (Å²) in [5.41, 5.74) is 2.69. The normalized spacial score (nSPS) is 13.0. The molecule has 0 bridgehead atoms. The number of nitrogens with zero attached hydrogens (tertiary/aromatic N) is 2. The van der Waals surface area contributed by atoms with Gasteiger partial charge >= 0.3 is 0 Å². The van der Waals surface area contributed by atoms with E-state index in [4.69, 9.17) is 4.42 Å². The Kier molecular flexibility index (Phi) is 6.11. The Morgan fingerprint density at radius 2 is 1.58 bits per heavy atom. The van der Waals surface area contributed by atoms with Gasteiger partial charge in [0.2, 0.25) is 5.89 Å². The molecule has 0 spiro atoms. The lowest BCUT2D eigenvalue weighted by atomic mass is 9.87. The van der Waals surface area contributed by atoms with Crippen LogP contribution in [0.25, 0.3) is 0 Å². The summed E-state index contributed by atoms with van der Waals surface area (Å²) in [6.07, 6.45) is 1.80. The molecule has 0 fully saturated rings. The lowest BCUT2D eigenvalue weighted by Gasteiger charge is -2.19. The van der Waals surface area contributed by atoms with Gasteiger partial charge in [0.05, 0.1) is 12.7 Å². The Bertz CT molecular complexity index is 731. The van der Waals surface area contributed by atoms with Crippen LogP contribution in [0.2, 0.25) is 0 Å². The molecule has 0 unspecified atom stereocenters. The molecule has 2 aromatic rings. The van der Waals surface area contributed by atoms with E-state index < -0.39 is 0 Å². The second-order valence-electron chi connectivity index (χ2n) is 8.59. The highest BCUT2D eigenvalue weighted by atomic mass is 16.4. The van der Waals surface area contributed by atoms with E-state index in [9.17, 15) is 0 Å². The van der Waals surface area contributed by atoms with E-state index >= 15 is 0 Å². The Morgan fingerprint density at radius 1 is 0.962 bits per heavy atom. The Morgan fingerprint density at radius 3 is 2.08 bits per heavy atom. The van der Waals surface area contributed by atoms with Crippen molar-refractivity contribution >= 4 is 5.96 Å². The van der Waals surface area contributed by atoms with E-state index in [1.54, 1.807) is 13.2 Å². The van der Waals surface area contributed by atoms with Gasteiger partial charge in [-0.15, -0.1) is 0 Å². The van der Waals surface area contributed by atoms with Crippen molar-refractivity contribution in [3.8, 4) is 0 Å². The number of nitrogens with one attached hydrogen (secondary N) is 2. The van der Waals surface area contributed by atoms with E-state index in [1.165, 1.54) is 11.1 Å². The lowest BCUT2D eigenvalue weighted by Crippen LogP contribution is -2.36. The van der Waals surface area contributed by atoms with Crippen LogP contribution in [0.5, 0.6) is 0 Å². The van der Waals surface area contributed by atoms with Crippen molar-refractivity contribution in [2.45, 2.75) is 65.5 Å². The van der Waals surface area contributed by atoms with Gasteiger partial charge in [-0.1, -0.05) is 65.8 Å². The van der Waals surface area contributed by atoms with E-state index in [0.29, 0.717) is 19.0 Å². The third-order valence-corrected chi connectivity index (χ3v) is 4.20. The van der Waals surface area contributed by atoms with Gasteiger partial charge in [0.15, 0.2) is 5.96 Å². The highest BCUT2D eigenvalue weighted by molar-refractivity contribution is 5.79. The molecule has 0 saturated heterocycles. The summed E-state index contributed by atoms with van der Waals surface area (Å²) >= 11 is 0. The number of aliphatic imine (C=N–C) groups is 1. The minimum Gasteiger partial charge on any atom is -0.443 e. The van der Waals surface area contributed by atoms with Gasteiger partial charge in [0.25, 0.3) is 0 Å². The molecular formula is C21H32N4O. The SMILES string of the molecule is CN=C(NCc1ccc(C(C)(C)C)cc1)NCc1ncc(C(C)(C)C)o1. The zero-order valence-corrected chi connectivity index (χ0v) is 17.1. The number of oxazole rings is 1. The molecule has 1 aromatic heterocycles. The van der Waals surface area contributed by atoms with E-state index in [-0.39, 0.29) is 10.8 Å². The summed E-state index contributed by atoms with van der Waals surface area (Å²) < 4.78 is 5.79. The number of aromatic nitrogens is 1. The van der Waals surface area contributed by atoms with Crippen molar-refractivity contribution < 1.29 is 4.42 Å². The molecule has 2 N–H and O–H groups in total. The molecule has 0 aliphatic carbocycles. The van der Waals surface area contributed by atoms with Crippen LogP contribution in [-0.2, 0) is 23.9 Å². The summed E-state index contributed by atoms with van der Waals surface area (Å²) in [4.78, 5) is 8.58. The van der Waals surface area contributed by atoms with E-state index in [2.05, 4.69) is 86.4 Å². The Hall–Kier alpha value is -2.30. The predicted octanol–water partition coefficient (Wildman–Crippen LogP) is 4.13. The molecule has 26 heavy (non-hydrogen) atoms. The van der Waals surface area contributed by atoms with Crippen molar-refractivity contribution in [2.75, 3.05) is 7.05 Å². The molecule has 0 saturated carbocycles. The first-order valence-electron chi connectivity index (χ1n) is 9.09. The molecule has 5 nitrogen and oxygen atoms in total. The van der Waals surface area contributed by atoms with E-state index in [1.807, 2.05) is 0 Å². The number of benzene rings is 1. The first-order chi connectivity index (χ1) is 12.1. The smallest absolute Gasteiger partial charge is 0.213 e. The molecule has 5 heteroatoms. The van der Waals surface area contributed by atoms with Crippen LogP contribution in [-0.4, -0.2) is 18.0 Å². The van der Waals surface area contributed by atoms with Crippen LogP contribution < -0.4 is 10.6 Å². The minimum absolute atomic E-state index is 0.0373. The molecule has 2 rings (SSSR count). The minimum atomic E-state index is -0.0373. The van der Waals surface area contributed by atoms with Crippen LogP contribution in [0.15, 0.2) is 39.9 Å². The molecule has 1 heterocycles. The average molecular weight is 357 g/mol. The van der Waals surface area contributed by atoms with Gasteiger partial charge in [-0.25, -0.2) is 4.98 Å². The summed E-state index contributed by atoms with van der Waals surface area (Å²) in [5.74, 6) is 2.27. The Balaban J connectivity index is 1.87. The lowest BCUT2D eigenvalue weighted by molar-refractivity contribution is 0.379. The fourth-order valence-electron chi connectivity index (χ4n) is 2.43. The molecule has 0 aliphatic heterocycles. The van der Waals surface area contributed by atoms with Gasteiger partial charge in [-0.05, 0) is 16.5 Å². The van der Waals surface area contributed by atoms with Gasteiger partial charge < -0.3 is 15.1 Å². The fraction of sp³-hybridized carbons (Fsp3) is 0.524. The largest absolute Gasteiger partial charge is 0.443 e. The molecule has 0 radical (unpaired) electrons. The van der Waals surface area contributed by atoms with Crippen LogP contribution in [0.4, 0.5) is 0 Å². The highest BCUT2D eigenvalue weighted by Crippen LogP contribution is 2.23. The fourth-order valence-corrected chi connectivity index (χ4v) is 2.43. The number of rotatable bonds is 4. The summed E-state index contributed by atoms with van der Waals surface area (Å²) in [5, 5.41) is 6.56. The zero-order chi connectivity index (χ0) is 19.4. The average Bonchev–Trinajstić information content (AvgIpc) is 3.04. The molecule has 1 aromatic carbocycles. The van der Waals surface area contributed by atoms with Crippen molar-refractivity contribution in [3.05, 3.63) is 53.2 Å². The summed E-state index contributed by atoms with van der Waals surface area (Å²) in [7, 11) is 1.76. The van der Waals surface area contributed by atoms with Gasteiger partial charge in [-0.3, -0.25) is 4.99 Å². The van der Waals surface area contributed by atoms with Crippen LogP contribution in [0.1, 0.15) is 64.3 Å². The predicted molar refractivity (Wildman–Crippen MR) is 107 cm³/mol. The van der Waals surface area contributed by atoms with Crippen molar-refractivity contribution in [1.82, 2.24) is 15.6 Å². The van der Waals surface area contributed by atoms with Gasteiger partial charge in [-0.2, -0.15) is 0 Å². The first-order valence-corrected chi connectivity index (χ1v) is 9.09. The second-order valence-corrected chi connectivity index (χ2v) is 8.59.